The van der Waals surface area contributed by atoms with Crippen LogP contribution in [0.2, 0.25) is 0 Å². The standard InChI is InChI=1S/C19H17NOS/c1-21-19-17(16-10-12-20-13-11-16)8-5-9-18(19)22-14-15-6-3-2-4-7-15/h2-13H,14H2,1H3. The van der Waals surface area contributed by atoms with Gasteiger partial charge < -0.3 is 4.74 Å². The van der Waals surface area contributed by atoms with Crippen LogP contribution < -0.4 is 4.74 Å². The van der Waals surface area contributed by atoms with Crippen molar-refractivity contribution in [1.29, 1.82) is 0 Å². The lowest BCUT2D eigenvalue weighted by atomic mass is 10.1. The molecule has 0 radical (unpaired) electrons. The Kier molecular flexibility index (Phi) is 4.76. The lowest BCUT2D eigenvalue weighted by Crippen LogP contribution is -1.91. The Labute approximate surface area is 135 Å². The summed E-state index contributed by atoms with van der Waals surface area (Å²) in [5.41, 5.74) is 3.53. The molecule has 0 aliphatic heterocycles. The SMILES string of the molecule is COc1c(SCc2ccccc2)cccc1-c1ccncc1. The highest BCUT2D eigenvalue weighted by atomic mass is 32.2. The number of benzene rings is 2. The first-order valence-electron chi connectivity index (χ1n) is 7.12. The number of para-hydroxylation sites is 1. The van der Waals surface area contributed by atoms with Crippen LogP contribution in [0.3, 0.4) is 0 Å². The molecule has 0 saturated carbocycles. The molecule has 110 valence electrons. The van der Waals surface area contributed by atoms with Gasteiger partial charge in [-0.25, -0.2) is 0 Å². The molecule has 1 aromatic heterocycles. The maximum atomic E-state index is 5.68. The first kappa shape index (κ1) is 14.7. The molecule has 2 nitrogen and oxygen atoms in total. The molecular formula is C19H17NOS. The summed E-state index contributed by atoms with van der Waals surface area (Å²) in [7, 11) is 1.73. The maximum Gasteiger partial charge on any atom is 0.140 e. The van der Waals surface area contributed by atoms with Gasteiger partial charge in [-0.1, -0.05) is 42.5 Å². The zero-order valence-electron chi connectivity index (χ0n) is 12.4. The van der Waals surface area contributed by atoms with Gasteiger partial charge in [-0.05, 0) is 29.3 Å². The first-order chi connectivity index (χ1) is 10.9. The Morgan fingerprint density at radius 2 is 1.68 bits per heavy atom. The molecule has 3 aromatic rings. The second-order valence-electron chi connectivity index (χ2n) is 4.85. The van der Waals surface area contributed by atoms with E-state index in [9.17, 15) is 0 Å². The summed E-state index contributed by atoms with van der Waals surface area (Å²) in [6.07, 6.45) is 3.61. The Morgan fingerprint density at radius 3 is 2.41 bits per heavy atom. The molecule has 0 N–H and O–H groups in total. The molecule has 0 saturated heterocycles. The number of hydrogen-bond donors (Lipinski definition) is 0. The van der Waals surface area contributed by atoms with E-state index in [2.05, 4.69) is 47.4 Å². The molecule has 22 heavy (non-hydrogen) atoms. The average Bonchev–Trinajstić information content (AvgIpc) is 2.61. The van der Waals surface area contributed by atoms with Crippen LogP contribution in [0.1, 0.15) is 5.56 Å². The summed E-state index contributed by atoms with van der Waals surface area (Å²) in [4.78, 5) is 5.23. The van der Waals surface area contributed by atoms with Gasteiger partial charge in [-0.3, -0.25) is 4.98 Å². The Balaban J connectivity index is 1.89. The van der Waals surface area contributed by atoms with Crippen molar-refractivity contribution in [3.63, 3.8) is 0 Å². The van der Waals surface area contributed by atoms with E-state index in [1.54, 1.807) is 31.3 Å². The minimum atomic E-state index is 0.926. The molecule has 0 aliphatic carbocycles. The summed E-state index contributed by atoms with van der Waals surface area (Å²) in [6.45, 7) is 0. The van der Waals surface area contributed by atoms with Gasteiger partial charge in [0.05, 0.1) is 12.0 Å². The first-order valence-corrected chi connectivity index (χ1v) is 8.11. The van der Waals surface area contributed by atoms with E-state index in [4.69, 9.17) is 4.74 Å². The maximum absolute atomic E-state index is 5.68. The Bertz CT molecular complexity index is 729. The third-order valence-electron chi connectivity index (χ3n) is 3.41. The van der Waals surface area contributed by atoms with Crippen LogP contribution in [0.5, 0.6) is 5.75 Å². The van der Waals surface area contributed by atoms with Gasteiger partial charge >= 0.3 is 0 Å². The minimum Gasteiger partial charge on any atom is -0.495 e. The minimum absolute atomic E-state index is 0.926. The summed E-state index contributed by atoms with van der Waals surface area (Å²) in [5, 5.41) is 0. The van der Waals surface area contributed by atoms with Crippen molar-refractivity contribution >= 4 is 11.8 Å². The molecule has 0 amide bonds. The highest BCUT2D eigenvalue weighted by Gasteiger charge is 2.11. The van der Waals surface area contributed by atoms with Gasteiger partial charge in [-0.2, -0.15) is 0 Å². The average molecular weight is 307 g/mol. The van der Waals surface area contributed by atoms with Gasteiger partial charge in [0.15, 0.2) is 0 Å². The lowest BCUT2D eigenvalue weighted by molar-refractivity contribution is 0.406. The quantitative estimate of drug-likeness (QED) is 0.616. The lowest BCUT2D eigenvalue weighted by Gasteiger charge is -2.13. The van der Waals surface area contributed by atoms with Crippen LogP contribution in [-0.2, 0) is 5.75 Å². The van der Waals surface area contributed by atoms with E-state index in [-0.39, 0.29) is 0 Å². The van der Waals surface area contributed by atoms with Gasteiger partial charge in [0.1, 0.15) is 5.75 Å². The Morgan fingerprint density at radius 1 is 0.909 bits per heavy atom. The molecule has 0 aliphatic rings. The number of ether oxygens (including phenoxy) is 1. The highest BCUT2D eigenvalue weighted by Crippen LogP contribution is 2.39. The van der Waals surface area contributed by atoms with Crippen LogP contribution in [0, 0.1) is 0 Å². The van der Waals surface area contributed by atoms with Crippen LogP contribution in [0.25, 0.3) is 11.1 Å². The Hall–Kier alpha value is -2.26. The zero-order chi connectivity index (χ0) is 15.2. The summed E-state index contributed by atoms with van der Waals surface area (Å²) in [5.74, 6) is 1.85. The molecule has 3 heteroatoms. The molecule has 0 bridgehead atoms. The molecule has 0 spiro atoms. The van der Waals surface area contributed by atoms with E-state index >= 15 is 0 Å². The van der Waals surface area contributed by atoms with Crippen LogP contribution in [0.15, 0.2) is 78.0 Å². The molecule has 0 atom stereocenters. The number of aromatic nitrogens is 1. The number of thioether (sulfide) groups is 1. The molecular weight excluding hydrogens is 290 g/mol. The second kappa shape index (κ2) is 7.14. The van der Waals surface area contributed by atoms with Crippen LogP contribution >= 0.6 is 11.8 Å². The van der Waals surface area contributed by atoms with Crippen LogP contribution in [-0.4, -0.2) is 12.1 Å². The van der Waals surface area contributed by atoms with Crippen molar-refractivity contribution < 1.29 is 4.74 Å². The topological polar surface area (TPSA) is 22.1 Å². The van der Waals surface area contributed by atoms with E-state index in [1.165, 1.54) is 5.56 Å². The highest BCUT2D eigenvalue weighted by molar-refractivity contribution is 7.98. The number of pyridine rings is 1. The fraction of sp³-hybridized carbons (Fsp3) is 0.105. The second-order valence-corrected chi connectivity index (χ2v) is 5.86. The zero-order valence-corrected chi connectivity index (χ0v) is 13.2. The van der Waals surface area contributed by atoms with Gasteiger partial charge in [0, 0.05) is 23.7 Å². The fourth-order valence-corrected chi connectivity index (χ4v) is 3.35. The van der Waals surface area contributed by atoms with Crippen molar-refractivity contribution in [2.45, 2.75) is 10.6 Å². The van der Waals surface area contributed by atoms with Crippen molar-refractivity contribution in [2.75, 3.05) is 7.11 Å². The van der Waals surface area contributed by atoms with E-state index in [1.807, 2.05) is 18.2 Å². The van der Waals surface area contributed by atoms with Crippen LogP contribution in [0.4, 0.5) is 0 Å². The summed E-state index contributed by atoms with van der Waals surface area (Å²) in [6, 6.07) is 20.7. The summed E-state index contributed by atoms with van der Waals surface area (Å²) < 4.78 is 5.68. The largest absolute Gasteiger partial charge is 0.495 e. The van der Waals surface area contributed by atoms with Crippen molar-refractivity contribution in [1.82, 2.24) is 4.98 Å². The normalized spacial score (nSPS) is 10.4. The third-order valence-corrected chi connectivity index (χ3v) is 4.52. The molecule has 2 aromatic carbocycles. The smallest absolute Gasteiger partial charge is 0.140 e. The van der Waals surface area contributed by atoms with Crippen molar-refractivity contribution in [3.8, 4) is 16.9 Å². The van der Waals surface area contributed by atoms with Gasteiger partial charge in [-0.15, -0.1) is 11.8 Å². The molecule has 0 unspecified atom stereocenters. The number of rotatable bonds is 5. The number of nitrogens with zero attached hydrogens (tertiary/aromatic N) is 1. The number of methoxy groups -OCH3 is 1. The van der Waals surface area contributed by atoms with Crippen molar-refractivity contribution in [3.05, 3.63) is 78.6 Å². The monoisotopic (exact) mass is 307 g/mol. The fourth-order valence-electron chi connectivity index (χ4n) is 2.33. The predicted molar refractivity (Wildman–Crippen MR) is 92.2 cm³/mol. The van der Waals surface area contributed by atoms with Gasteiger partial charge in [0.2, 0.25) is 0 Å². The molecule has 0 fully saturated rings. The number of hydrogen-bond acceptors (Lipinski definition) is 3. The van der Waals surface area contributed by atoms with E-state index in [0.29, 0.717) is 0 Å². The van der Waals surface area contributed by atoms with E-state index < -0.39 is 0 Å². The third kappa shape index (κ3) is 3.31. The molecule has 3 rings (SSSR count). The molecule has 1 heterocycles. The predicted octanol–water partition coefficient (Wildman–Crippen LogP) is 5.05. The van der Waals surface area contributed by atoms with E-state index in [0.717, 1.165) is 27.5 Å². The summed E-state index contributed by atoms with van der Waals surface area (Å²) >= 11 is 1.79. The van der Waals surface area contributed by atoms with Crippen molar-refractivity contribution in [2.24, 2.45) is 0 Å². The van der Waals surface area contributed by atoms with Gasteiger partial charge in [0.25, 0.3) is 0 Å².